The number of aliphatic hydroxyl groups is 1. The lowest BCUT2D eigenvalue weighted by Gasteiger charge is -2.19. The maximum atomic E-state index is 12.2. The Labute approximate surface area is 170 Å². The molecule has 0 spiro atoms. The molecule has 1 atom stereocenters. The molecule has 0 amide bonds. The van der Waals surface area contributed by atoms with Gasteiger partial charge in [0.2, 0.25) is 0 Å². The minimum Gasteiger partial charge on any atom is -0.491 e. The third-order valence-corrected chi connectivity index (χ3v) is 4.87. The fourth-order valence-electron chi connectivity index (χ4n) is 2.98. The number of benzene rings is 1. The SMILES string of the molecule is CCCCCCCC(=O)Oc1c(C)cc(OC[C@H](O)CNC(C)C)c(C)c1C. The molecule has 0 aliphatic heterocycles. The number of esters is 1. The van der Waals surface area contributed by atoms with Gasteiger partial charge < -0.3 is 19.9 Å². The Morgan fingerprint density at radius 3 is 2.43 bits per heavy atom. The Bertz CT molecular complexity index is 613. The Morgan fingerprint density at radius 2 is 1.79 bits per heavy atom. The summed E-state index contributed by atoms with van der Waals surface area (Å²) in [5, 5.41) is 13.2. The lowest BCUT2D eigenvalue weighted by Crippen LogP contribution is -2.35. The van der Waals surface area contributed by atoms with Crippen molar-refractivity contribution in [1.29, 1.82) is 0 Å². The molecular formula is C23H39NO4. The van der Waals surface area contributed by atoms with Crippen LogP contribution < -0.4 is 14.8 Å². The normalized spacial score (nSPS) is 12.3. The molecule has 28 heavy (non-hydrogen) atoms. The molecule has 0 bridgehead atoms. The van der Waals surface area contributed by atoms with Crippen LogP contribution in [0.25, 0.3) is 0 Å². The van der Waals surface area contributed by atoms with Gasteiger partial charge in [-0.3, -0.25) is 4.79 Å². The minimum atomic E-state index is -0.576. The summed E-state index contributed by atoms with van der Waals surface area (Å²) in [5.41, 5.74) is 2.71. The van der Waals surface area contributed by atoms with Crippen LogP contribution in [0.1, 0.15) is 76.0 Å². The Kier molecular flexibility index (Phi) is 11.2. The maximum Gasteiger partial charge on any atom is 0.311 e. The van der Waals surface area contributed by atoms with Crippen molar-refractivity contribution >= 4 is 5.97 Å². The van der Waals surface area contributed by atoms with Crippen LogP contribution in [0.3, 0.4) is 0 Å². The van der Waals surface area contributed by atoms with Crippen molar-refractivity contribution < 1.29 is 19.4 Å². The Morgan fingerprint density at radius 1 is 1.11 bits per heavy atom. The number of hydrogen-bond donors (Lipinski definition) is 2. The summed E-state index contributed by atoms with van der Waals surface area (Å²) in [6.45, 7) is 12.8. The van der Waals surface area contributed by atoms with Gasteiger partial charge in [-0.25, -0.2) is 0 Å². The van der Waals surface area contributed by atoms with E-state index in [0.717, 1.165) is 35.3 Å². The van der Waals surface area contributed by atoms with Crippen molar-refractivity contribution in [2.24, 2.45) is 0 Å². The molecule has 0 unspecified atom stereocenters. The zero-order chi connectivity index (χ0) is 21.1. The van der Waals surface area contributed by atoms with Gasteiger partial charge in [-0.1, -0.05) is 46.5 Å². The number of aryl methyl sites for hydroxylation is 1. The number of rotatable bonds is 13. The zero-order valence-corrected chi connectivity index (χ0v) is 18.6. The van der Waals surface area contributed by atoms with Crippen molar-refractivity contribution in [2.75, 3.05) is 13.2 Å². The fraction of sp³-hybridized carbons (Fsp3) is 0.696. The van der Waals surface area contributed by atoms with E-state index in [-0.39, 0.29) is 12.6 Å². The molecule has 0 aromatic heterocycles. The second-order valence-corrected chi connectivity index (χ2v) is 7.94. The van der Waals surface area contributed by atoms with E-state index in [1.807, 2.05) is 40.7 Å². The van der Waals surface area contributed by atoms with Crippen LogP contribution in [0.5, 0.6) is 11.5 Å². The molecule has 0 aliphatic carbocycles. The molecule has 1 aromatic rings. The molecule has 2 N–H and O–H groups in total. The van der Waals surface area contributed by atoms with Gasteiger partial charge in [-0.2, -0.15) is 0 Å². The van der Waals surface area contributed by atoms with E-state index in [4.69, 9.17) is 9.47 Å². The molecule has 5 nitrogen and oxygen atoms in total. The van der Waals surface area contributed by atoms with E-state index in [1.165, 1.54) is 19.3 Å². The van der Waals surface area contributed by atoms with E-state index in [0.29, 0.717) is 24.8 Å². The van der Waals surface area contributed by atoms with Gasteiger partial charge >= 0.3 is 5.97 Å². The fourth-order valence-corrected chi connectivity index (χ4v) is 2.98. The number of nitrogens with one attached hydrogen (secondary N) is 1. The van der Waals surface area contributed by atoms with Crippen molar-refractivity contribution in [1.82, 2.24) is 5.32 Å². The Hall–Kier alpha value is -1.59. The summed E-state index contributed by atoms with van der Waals surface area (Å²) < 4.78 is 11.5. The van der Waals surface area contributed by atoms with Gasteiger partial charge in [0, 0.05) is 19.0 Å². The number of carbonyl (C=O) groups excluding carboxylic acids is 1. The summed E-state index contributed by atoms with van der Waals surface area (Å²) in [6.07, 6.45) is 5.41. The number of hydrogen-bond acceptors (Lipinski definition) is 5. The van der Waals surface area contributed by atoms with Gasteiger partial charge in [-0.05, 0) is 49.9 Å². The van der Waals surface area contributed by atoms with Crippen LogP contribution in [0.15, 0.2) is 6.07 Å². The highest BCUT2D eigenvalue weighted by Crippen LogP contribution is 2.33. The average Bonchev–Trinajstić information content (AvgIpc) is 2.65. The van der Waals surface area contributed by atoms with Crippen LogP contribution in [-0.4, -0.2) is 36.4 Å². The maximum absolute atomic E-state index is 12.2. The predicted octanol–water partition coefficient (Wildman–Crippen LogP) is 4.62. The van der Waals surface area contributed by atoms with Crippen molar-refractivity contribution in [2.45, 2.75) is 92.2 Å². The van der Waals surface area contributed by atoms with Crippen LogP contribution in [0.4, 0.5) is 0 Å². The first kappa shape index (κ1) is 24.4. The minimum absolute atomic E-state index is 0.175. The van der Waals surface area contributed by atoms with Crippen LogP contribution >= 0.6 is 0 Å². The van der Waals surface area contributed by atoms with E-state index >= 15 is 0 Å². The van der Waals surface area contributed by atoms with Crippen molar-refractivity contribution in [3.63, 3.8) is 0 Å². The van der Waals surface area contributed by atoms with Gasteiger partial charge in [0.05, 0.1) is 0 Å². The van der Waals surface area contributed by atoms with Gasteiger partial charge in [-0.15, -0.1) is 0 Å². The first-order chi connectivity index (χ1) is 13.3. The average molecular weight is 394 g/mol. The standard InChI is InChI=1S/C23H39NO4/c1-7-8-9-10-11-12-22(26)28-23-17(4)13-21(18(5)19(23)6)27-15-20(25)14-24-16(2)3/h13,16,20,24-25H,7-12,14-15H2,1-6H3/t20-/m1/s1. The molecule has 5 heteroatoms. The molecule has 0 saturated carbocycles. The van der Waals surface area contributed by atoms with Crippen molar-refractivity contribution in [3.05, 3.63) is 22.8 Å². The molecule has 0 saturated heterocycles. The van der Waals surface area contributed by atoms with E-state index in [2.05, 4.69) is 12.2 Å². The Balaban J connectivity index is 2.64. The predicted molar refractivity (Wildman–Crippen MR) is 114 cm³/mol. The molecule has 160 valence electrons. The molecule has 0 fully saturated rings. The number of aliphatic hydroxyl groups excluding tert-OH is 1. The third kappa shape index (κ3) is 8.61. The highest BCUT2D eigenvalue weighted by Gasteiger charge is 2.16. The molecule has 0 radical (unpaired) electrons. The number of carbonyl (C=O) groups is 1. The second-order valence-electron chi connectivity index (χ2n) is 7.94. The lowest BCUT2D eigenvalue weighted by atomic mass is 10.0. The first-order valence-corrected chi connectivity index (χ1v) is 10.6. The third-order valence-electron chi connectivity index (χ3n) is 4.87. The number of unbranched alkanes of at least 4 members (excludes halogenated alkanes) is 4. The van der Waals surface area contributed by atoms with Crippen LogP contribution in [0, 0.1) is 20.8 Å². The topological polar surface area (TPSA) is 67.8 Å². The zero-order valence-electron chi connectivity index (χ0n) is 18.6. The monoisotopic (exact) mass is 393 g/mol. The summed E-state index contributed by atoms with van der Waals surface area (Å²) in [6, 6.07) is 2.20. The summed E-state index contributed by atoms with van der Waals surface area (Å²) in [5.74, 6) is 1.18. The summed E-state index contributed by atoms with van der Waals surface area (Å²) >= 11 is 0. The molecule has 1 aromatic carbocycles. The van der Waals surface area contributed by atoms with Crippen LogP contribution in [0.2, 0.25) is 0 Å². The van der Waals surface area contributed by atoms with Crippen LogP contribution in [-0.2, 0) is 4.79 Å². The van der Waals surface area contributed by atoms with E-state index < -0.39 is 6.10 Å². The van der Waals surface area contributed by atoms with E-state index in [1.54, 1.807) is 0 Å². The smallest absolute Gasteiger partial charge is 0.311 e. The summed E-state index contributed by atoms with van der Waals surface area (Å²) in [7, 11) is 0. The quantitative estimate of drug-likeness (QED) is 0.291. The number of ether oxygens (including phenoxy) is 2. The summed E-state index contributed by atoms with van der Waals surface area (Å²) in [4.78, 5) is 12.2. The van der Waals surface area contributed by atoms with E-state index in [9.17, 15) is 9.90 Å². The highest BCUT2D eigenvalue weighted by molar-refractivity contribution is 5.73. The lowest BCUT2D eigenvalue weighted by molar-refractivity contribution is -0.134. The first-order valence-electron chi connectivity index (χ1n) is 10.6. The van der Waals surface area contributed by atoms with Gasteiger partial charge in [0.25, 0.3) is 0 Å². The van der Waals surface area contributed by atoms with Crippen molar-refractivity contribution in [3.8, 4) is 11.5 Å². The highest BCUT2D eigenvalue weighted by atomic mass is 16.5. The molecule has 1 rings (SSSR count). The molecule has 0 heterocycles. The molecular weight excluding hydrogens is 354 g/mol. The van der Waals surface area contributed by atoms with Gasteiger partial charge in [0.15, 0.2) is 0 Å². The molecule has 0 aliphatic rings. The second kappa shape index (κ2) is 12.8. The van der Waals surface area contributed by atoms with Gasteiger partial charge in [0.1, 0.15) is 24.2 Å². The largest absolute Gasteiger partial charge is 0.491 e.